The zero-order chi connectivity index (χ0) is 58.5. The summed E-state index contributed by atoms with van der Waals surface area (Å²) in [5.41, 5.74) is 0. The van der Waals surface area contributed by atoms with Gasteiger partial charge in [0.15, 0.2) is 6.10 Å². The van der Waals surface area contributed by atoms with Gasteiger partial charge in [0, 0.05) is 19.3 Å². The van der Waals surface area contributed by atoms with E-state index >= 15 is 0 Å². The number of allylic oxidation sites excluding steroid dienone is 16. The summed E-state index contributed by atoms with van der Waals surface area (Å²) in [7, 11) is 0. The molecule has 0 heterocycles. The lowest BCUT2D eigenvalue weighted by molar-refractivity contribution is -0.167. The summed E-state index contributed by atoms with van der Waals surface area (Å²) < 4.78 is 17.0. The molecule has 0 aliphatic heterocycles. The van der Waals surface area contributed by atoms with Crippen molar-refractivity contribution in [3.8, 4) is 0 Å². The normalized spacial score (nSPS) is 12.7. The molecule has 81 heavy (non-hydrogen) atoms. The van der Waals surface area contributed by atoms with Crippen LogP contribution in [0.1, 0.15) is 342 Å². The van der Waals surface area contributed by atoms with E-state index < -0.39 is 6.10 Å². The predicted octanol–water partition coefficient (Wildman–Crippen LogP) is 24.0. The molecule has 0 bridgehead atoms. The van der Waals surface area contributed by atoms with E-state index in [0.29, 0.717) is 19.3 Å². The summed E-state index contributed by atoms with van der Waals surface area (Å²) in [5.74, 6) is -0.895. The lowest BCUT2D eigenvalue weighted by Gasteiger charge is -2.18. The van der Waals surface area contributed by atoms with Gasteiger partial charge in [-0.3, -0.25) is 14.4 Å². The molecule has 0 spiro atoms. The Morgan fingerprint density at radius 3 is 0.753 bits per heavy atom. The minimum absolute atomic E-state index is 0.0837. The van der Waals surface area contributed by atoms with E-state index in [2.05, 4.69) is 118 Å². The number of rotatable bonds is 63. The third-order valence-corrected chi connectivity index (χ3v) is 15.1. The third kappa shape index (κ3) is 67.0. The van der Waals surface area contributed by atoms with Gasteiger partial charge in [0.05, 0.1) is 0 Å². The standard InChI is InChI=1S/C75H130O6/c1-4-7-10-13-16-19-22-25-28-31-33-35-37-39-41-44-47-50-53-56-59-62-65-68-74(77)80-71-72(70-79-73(76)67-64-61-58-55-52-49-46-43-30-27-24-21-18-15-12-9-6-3)81-75(78)69-66-63-60-57-54-51-48-45-42-40-38-36-34-32-29-26-23-20-17-14-11-8-5-2/h7,10,16,19,23,25-26,28,32-35,39,41,47,50,72H,4-6,8-9,11-15,17-18,20-22,24,27,29-31,36-38,40,42-46,48-49,51-71H2,1-3H3/b10-7-,19-16-,26-23-,28-25-,34-32-,35-33-,41-39-,50-47-. The average molecular weight is 1130 g/mol. The van der Waals surface area contributed by atoms with Crippen LogP contribution < -0.4 is 0 Å². The number of hydrogen-bond acceptors (Lipinski definition) is 6. The molecule has 0 aromatic heterocycles. The minimum Gasteiger partial charge on any atom is -0.462 e. The topological polar surface area (TPSA) is 78.9 Å². The molecule has 466 valence electrons. The van der Waals surface area contributed by atoms with Gasteiger partial charge in [-0.2, -0.15) is 0 Å². The molecule has 0 saturated heterocycles. The summed E-state index contributed by atoms with van der Waals surface area (Å²) in [6, 6.07) is 0. The zero-order valence-electron chi connectivity index (χ0n) is 53.5. The molecule has 0 aliphatic carbocycles. The van der Waals surface area contributed by atoms with Gasteiger partial charge in [0.2, 0.25) is 0 Å². The Hall–Kier alpha value is -3.67. The fourth-order valence-electron chi connectivity index (χ4n) is 9.89. The number of carbonyl (C=O) groups is 3. The van der Waals surface area contributed by atoms with Crippen LogP contribution in [0.4, 0.5) is 0 Å². The van der Waals surface area contributed by atoms with Crippen molar-refractivity contribution in [2.75, 3.05) is 13.2 Å². The highest BCUT2D eigenvalue weighted by Gasteiger charge is 2.19. The molecule has 1 atom stereocenters. The quantitative estimate of drug-likeness (QED) is 0.0261. The monoisotopic (exact) mass is 1130 g/mol. The van der Waals surface area contributed by atoms with Crippen LogP contribution in [0.3, 0.4) is 0 Å². The summed E-state index contributed by atoms with van der Waals surface area (Å²) >= 11 is 0. The maximum atomic E-state index is 13.0. The molecular formula is C75H130O6. The van der Waals surface area contributed by atoms with Gasteiger partial charge in [-0.05, 0) is 103 Å². The van der Waals surface area contributed by atoms with Gasteiger partial charge in [-0.1, -0.05) is 317 Å². The van der Waals surface area contributed by atoms with E-state index in [9.17, 15) is 14.4 Å². The van der Waals surface area contributed by atoms with Crippen LogP contribution in [0.15, 0.2) is 97.2 Å². The van der Waals surface area contributed by atoms with Gasteiger partial charge in [-0.15, -0.1) is 0 Å². The van der Waals surface area contributed by atoms with Crippen LogP contribution in [0, 0.1) is 0 Å². The van der Waals surface area contributed by atoms with E-state index in [-0.39, 0.29) is 31.1 Å². The van der Waals surface area contributed by atoms with Gasteiger partial charge >= 0.3 is 17.9 Å². The van der Waals surface area contributed by atoms with Crippen LogP contribution in [0.5, 0.6) is 0 Å². The second-order valence-corrected chi connectivity index (χ2v) is 23.1. The number of ether oxygens (including phenoxy) is 3. The molecule has 1 unspecified atom stereocenters. The minimum atomic E-state index is -0.791. The van der Waals surface area contributed by atoms with E-state index in [4.69, 9.17) is 14.2 Å². The van der Waals surface area contributed by atoms with Crippen LogP contribution in [-0.2, 0) is 28.6 Å². The van der Waals surface area contributed by atoms with E-state index in [1.165, 1.54) is 186 Å². The highest BCUT2D eigenvalue weighted by molar-refractivity contribution is 5.71. The Labute approximate surface area is 502 Å². The zero-order valence-corrected chi connectivity index (χ0v) is 53.5. The van der Waals surface area contributed by atoms with Crippen molar-refractivity contribution in [1.29, 1.82) is 0 Å². The first-order chi connectivity index (χ1) is 40.0. The third-order valence-electron chi connectivity index (χ3n) is 15.1. The molecule has 6 heteroatoms. The van der Waals surface area contributed by atoms with Gasteiger partial charge in [-0.25, -0.2) is 0 Å². The largest absolute Gasteiger partial charge is 0.462 e. The SMILES string of the molecule is CC/C=C\C/C=C\C/C=C\C/C=C\C/C=C\C/C=C\CCCCCCC(=O)OCC(COC(=O)CCCCCCCCCCCCCCCCCCC)OC(=O)CCCCCCCCCCCCC/C=C\C/C=C\CCCCCCC. The molecule has 0 saturated carbocycles. The molecule has 0 N–H and O–H groups in total. The molecule has 0 rings (SSSR count). The van der Waals surface area contributed by atoms with Crippen molar-refractivity contribution >= 4 is 17.9 Å². The van der Waals surface area contributed by atoms with E-state index in [0.717, 1.165) is 116 Å². The van der Waals surface area contributed by atoms with E-state index in [1.54, 1.807) is 0 Å². The Morgan fingerprint density at radius 2 is 0.481 bits per heavy atom. The predicted molar refractivity (Wildman–Crippen MR) is 353 cm³/mol. The smallest absolute Gasteiger partial charge is 0.306 e. The van der Waals surface area contributed by atoms with Crippen molar-refractivity contribution in [1.82, 2.24) is 0 Å². The first kappa shape index (κ1) is 77.3. The maximum Gasteiger partial charge on any atom is 0.306 e. The van der Waals surface area contributed by atoms with Crippen LogP contribution in [0.25, 0.3) is 0 Å². The number of hydrogen-bond donors (Lipinski definition) is 0. The Morgan fingerprint density at radius 1 is 0.259 bits per heavy atom. The van der Waals surface area contributed by atoms with Crippen LogP contribution in [0.2, 0.25) is 0 Å². The molecule has 0 radical (unpaired) electrons. The van der Waals surface area contributed by atoms with Crippen molar-refractivity contribution in [3.05, 3.63) is 97.2 Å². The first-order valence-corrected chi connectivity index (χ1v) is 34.7. The number of esters is 3. The number of unbranched alkanes of at least 4 members (excludes halogenated alkanes) is 36. The van der Waals surface area contributed by atoms with Crippen molar-refractivity contribution in [3.63, 3.8) is 0 Å². The maximum absolute atomic E-state index is 13.0. The van der Waals surface area contributed by atoms with Gasteiger partial charge in [0.25, 0.3) is 0 Å². The average Bonchev–Trinajstić information content (AvgIpc) is 3.47. The molecule has 0 amide bonds. The molecule has 0 aromatic rings. The van der Waals surface area contributed by atoms with Crippen molar-refractivity contribution in [2.45, 2.75) is 348 Å². The Balaban J connectivity index is 4.41. The summed E-state index contributed by atoms with van der Waals surface area (Å²) in [6.45, 7) is 6.54. The highest BCUT2D eigenvalue weighted by atomic mass is 16.6. The molecule has 0 aromatic carbocycles. The fraction of sp³-hybridized carbons (Fsp3) is 0.747. The van der Waals surface area contributed by atoms with Crippen molar-refractivity contribution < 1.29 is 28.6 Å². The Kier molecular flexibility index (Phi) is 65.7. The molecule has 0 aliphatic rings. The second-order valence-electron chi connectivity index (χ2n) is 23.1. The molecule has 6 nitrogen and oxygen atoms in total. The molecule has 0 fully saturated rings. The Bertz CT molecular complexity index is 1580. The van der Waals surface area contributed by atoms with Crippen molar-refractivity contribution in [2.24, 2.45) is 0 Å². The van der Waals surface area contributed by atoms with Gasteiger partial charge in [0.1, 0.15) is 13.2 Å². The molecular weight excluding hydrogens is 997 g/mol. The summed E-state index contributed by atoms with van der Waals surface area (Å²) in [5, 5.41) is 0. The lowest BCUT2D eigenvalue weighted by Crippen LogP contribution is -2.30. The van der Waals surface area contributed by atoms with E-state index in [1.807, 2.05) is 0 Å². The lowest BCUT2D eigenvalue weighted by atomic mass is 10.0. The first-order valence-electron chi connectivity index (χ1n) is 34.7. The number of carbonyl (C=O) groups excluding carboxylic acids is 3. The summed E-state index contributed by atoms with van der Waals surface area (Å²) in [6.07, 6.45) is 92.7. The summed E-state index contributed by atoms with van der Waals surface area (Å²) in [4.78, 5) is 38.5. The van der Waals surface area contributed by atoms with Gasteiger partial charge < -0.3 is 14.2 Å². The highest BCUT2D eigenvalue weighted by Crippen LogP contribution is 2.17. The second kappa shape index (κ2) is 68.8. The van der Waals surface area contributed by atoms with Crippen LogP contribution in [-0.4, -0.2) is 37.2 Å². The van der Waals surface area contributed by atoms with Crippen LogP contribution >= 0.6 is 0 Å². The fourth-order valence-corrected chi connectivity index (χ4v) is 9.89.